The zero-order valence-electron chi connectivity index (χ0n) is 16.2. The Kier molecular flexibility index (Phi) is 6.35. The molecule has 27 heavy (non-hydrogen) atoms. The average Bonchev–Trinajstić information content (AvgIpc) is 2.65. The Morgan fingerprint density at radius 2 is 1.70 bits per heavy atom. The number of carbonyl (C=O) groups is 1. The summed E-state index contributed by atoms with van der Waals surface area (Å²) in [7, 11) is 0. The van der Waals surface area contributed by atoms with E-state index in [0.717, 1.165) is 30.2 Å². The van der Waals surface area contributed by atoms with Crippen LogP contribution in [0.25, 0.3) is 6.08 Å². The van der Waals surface area contributed by atoms with Crippen LogP contribution in [0.1, 0.15) is 30.5 Å². The predicted molar refractivity (Wildman–Crippen MR) is 113 cm³/mol. The summed E-state index contributed by atoms with van der Waals surface area (Å²) >= 11 is 5.98. The Labute approximate surface area is 167 Å². The maximum absolute atomic E-state index is 12.7. The summed E-state index contributed by atoms with van der Waals surface area (Å²) in [4.78, 5) is 17.1. The van der Waals surface area contributed by atoms with Gasteiger partial charge in [0.25, 0.3) is 0 Å². The number of benzene rings is 2. The molecule has 4 heteroatoms. The van der Waals surface area contributed by atoms with Crippen LogP contribution in [0.5, 0.6) is 0 Å². The highest BCUT2D eigenvalue weighted by Gasteiger charge is 2.30. The molecular formula is C23H27ClN2O. The first kappa shape index (κ1) is 19.7. The van der Waals surface area contributed by atoms with Gasteiger partial charge in [0.1, 0.15) is 0 Å². The van der Waals surface area contributed by atoms with Crippen molar-refractivity contribution in [1.82, 2.24) is 9.80 Å². The SMILES string of the molecule is Cc1ccc(/C=C/C(=O)N2CC(C)N(Cc3ccc(Cl)cc3)CC2C)cc1. The van der Waals surface area contributed by atoms with E-state index in [9.17, 15) is 4.79 Å². The van der Waals surface area contributed by atoms with Crippen molar-refractivity contribution >= 4 is 23.6 Å². The molecule has 142 valence electrons. The van der Waals surface area contributed by atoms with Gasteiger partial charge in [0.05, 0.1) is 0 Å². The second-order valence-electron chi connectivity index (χ2n) is 7.49. The molecule has 2 aromatic carbocycles. The van der Waals surface area contributed by atoms with Gasteiger partial charge in [-0.1, -0.05) is 53.6 Å². The van der Waals surface area contributed by atoms with Crippen molar-refractivity contribution in [3.05, 3.63) is 76.3 Å². The molecule has 0 radical (unpaired) electrons. The summed E-state index contributed by atoms with van der Waals surface area (Å²) in [6.07, 6.45) is 3.60. The third kappa shape index (κ3) is 5.21. The third-order valence-electron chi connectivity index (χ3n) is 5.19. The Morgan fingerprint density at radius 3 is 2.37 bits per heavy atom. The maximum Gasteiger partial charge on any atom is 0.246 e. The fourth-order valence-corrected chi connectivity index (χ4v) is 3.62. The minimum atomic E-state index is 0.0843. The van der Waals surface area contributed by atoms with Crippen molar-refractivity contribution in [1.29, 1.82) is 0 Å². The molecule has 0 N–H and O–H groups in total. The van der Waals surface area contributed by atoms with E-state index in [4.69, 9.17) is 11.6 Å². The monoisotopic (exact) mass is 382 g/mol. The molecule has 2 atom stereocenters. The van der Waals surface area contributed by atoms with Crippen LogP contribution in [0.15, 0.2) is 54.6 Å². The first-order chi connectivity index (χ1) is 12.9. The van der Waals surface area contributed by atoms with Crippen molar-refractivity contribution in [2.75, 3.05) is 13.1 Å². The lowest BCUT2D eigenvalue weighted by molar-refractivity contribution is -0.131. The molecule has 2 aromatic rings. The Balaban J connectivity index is 1.61. The van der Waals surface area contributed by atoms with Crippen LogP contribution in [-0.4, -0.2) is 40.9 Å². The summed E-state index contributed by atoms with van der Waals surface area (Å²) in [5.41, 5.74) is 3.52. The number of hydrogen-bond donors (Lipinski definition) is 0. The van der Waals surface area contributed by atoms with Gasteiger partial charge in [-0.15, -0.1) is 0 Å². The molecule has 0 saturated carbocycles. The van der Waals surface area contributed by atoms with Crippen molar-refractivity contribution in [3.63, 3.8) is 0 Å². The predicted octanol–water partition coefficient (Wildman–Crippen LogP) is 4.78. The zero-order valence-corrected chi connectivity index (χ0v) is 17.0. The first-order valence-electron chi connectivity index (χ1n) is 9.46. The molecule has 1 aliphatic heterocycles. The largest absolute Gasteiger partial charge is 0.334 e. The lowest BCUT2D eigenvalue weighted by Gasteiger charge is -2.44. The molecular weight excluding hydrogens is 356 g/mol. The summed E-state index contributed by atoms with van der Waals surface area (Å²) in [6.45, 7) is 8.86. The standard InChI is InChI=1S/C23H27ClN2O/c1-17-4-6-20(7-5-17)10-13-23(27)26-15-18(2)25(14-19(26)3)16-21-8-11-22(24)12-9-21/h4-13,18-19H,14-16H2,1-3H3/b13-10+. The number of hydrogen-bond acceptors (Lipinski definition) is 2. The summed E-state index contributed by atoms with van der Waals surface area (Å²) in [6, 6.07) is 16.7. The second-order valence-corrected chi connectivity index (χ2v) is 7.93. The van der Waals surface area contributed by atoms with Crippen LogP contribution < -0.4 is 0 Å². The summed E-state index contributed by atoms with van der Waals surface area (Å²) in [5.74, 6) is 0.0843. The molecule has 3 rings (SSSR count). The third-order valence-corrected chi connectivity index (χ3v) is 5.44. The van der Waals surface area contributed by atoms with Gasteiger partial charge in [-0.2, -0.15) is 0 Å². The highest BCUT2D eigenvalue weighted by molar-refractivity contribution is 6.30. The van der Waals surface area contributed by atoms with Gasteiger partial charge < -0.3 is 4.90 Å². The number of carbonyl (C=O) groups excluding carboxylic acids is 1. The van der Waals surface area contributed by atoms with Crippen molar-refractivity contribution < 1.29 is 4.79 Å². The van der Waals surface area contributed by atoms with Crippen molar-refractivity contribution in [3.8, 4) is 0 Å². The number of amides is 1. The van der Waals surface area contributed by atoms with Crippen LogP contribution >= 0.6 is 11.6 Å². The van der Waals surface area contributed by atoms with Crippen LogP contribution in [-0.2, 0) is 11.3 Å². The molecule has 0 aliphatic carbocycles. The van der Waals surface area contributed by atoms with Gasteiger partial charge in [0, 0.05) is 42.8 Å². The second kappa shape index (κ2) is 8.73. The number of piperazine rings is 1. The highest BCUT2D eigenvalue weighted by Crippen LogP contribution is 2.20. The lowest BCUT2D eigenvalue weighted by atomic mass is 10.1. The van der Waals surface area contributed by atoms with Crippen LogP contribution in [0.2, 0.25) is 5.02 Å². The van der Waals surface area contributed by atoms with E-state index in [1.54, 1.807) is 6.08 Å². The minimum absolute atomic E-state index is 0.0843. The molecule has 1 heterocycles. The summed E-state index contributed by atoms with van der Waals surface area (Å²) < 4.78 is 0. The Morgan fingerprint density at radius 1 is 1.04 bits per heavy atom. The lowest BCUT2D eigenvalue weighted by Crippen LogP contribution is -2.57. The van der Waals surface area contributed by atoms with Gasteiger partial charge in [-0.05, 0) is 50.1 Å². The Bertz CT molecular complexity index is 798. The van der Waals surface area contributed by atoms with Crippen LogP contribution in [0.3, 0.4) is 0 Å². The van der Waals surface area contributed by atoms with Gasteiger partial charge >= 0.3 is 0 Å². The molecule has 2 unspecified atom stereocenters. The van der Waals surface area contributed by atoms with Gasteiger partial charge in [-0.3, -0.25) is 9.69 Å². The average molecular weight is 383 g/mol. The fraction of sp³-hybridized carbons (Fsp3) is 0.348. The smallest absolute Gasteiger partial charge is 0.246 e. The molecule has 1 amide bonds. The Hall–Kier alpha value is -2.10. The van der Waals surface area contributed by atoms with E-state index in [1.165, 1.54) is 11.1 Å². The van der Waals surface area contributed by atoms with E-state index in [1.807, 2.05) is 35.2 Å². The first-order valence-corrected chi connectivity index (χ1v) is 9.84. The quantitative estimate of drug-likeness (QED) is 0.710. The molecule has 0 aromatic heterocycles. The fourth-order valence-electron chi connectivity index (χ4n) is 3.49. The number of aryl methyl sites for hydroxylation is 1. The molecule has 1 aliphatic rings. The molecule has 0 bridgehead atoms. The minimum Gasteiger partial charge on any atom is -0.334 e. The number of rotatable bonds is 4. The molecule has 1 fully saturated rings. The highest BCUT2D eigenvalue weighted by atomic mass is 35.5. The van der Waals surface area contributed by atoms with E-state index in [-0.39, 0.29) is 11.9 Å². The molecule has 0 spiro atoms. The van der Waals surface area contributed by atoms with Crippen LogP contribution in [0.4, 0.5) is 0 Å². The summed E-state index contributed by atoms with van der Waals surface area (Å²) in [5, 5.41) is 0.760. The van der Waals surface area contributed by atoms with Gasteiger partial charge in [-0.25, -0.2) is 0 Å². The normalized spacial score (nSPS) is 21.0. The van der Waals surface area contributed by atoms with E-state index in [0.29, 0.717) is 6.04 Å². The zero-order chi connectivity index (χ0) is 19.4. The van der Waals surface area contributed by atoms with Gasteiger partial charge in [0.2, 0.25) is 5.91 Å². The number of halogens is 1. The topological polar surface area (TPSA) is 23.6 Å². The van der Waals surface area contributed by atoms with Crippen molar-refractivity contribution in [2.45, 2.75) is 39.4 Å². The number of nitrogens with zero attached hydrogens (tertiary/aromatic N) is 2. The van der Waals surface area contributed by atoms with Crippen LogP contribution in [0, 0.1) is 6.92 Å². The van der Waals surface area contributed by atoms with Crippen molar-refractivity contribution in [2.24, 2.45) is 0 Å². The van der Waals surface area contributed by atoms with E-state index in [2.05, 4.69) is 49.9 Å². The van der Waals surface area contributed by atoms with E-state index < -0.39 is 0 Å². The van der Waals surface area contributed by atoms with Gasteiger partial charge in [0.15, 0.2) is 0 Å². The maximum atomic E-state index is 12.7. The molecule has 1 saturated heterocycles. The van der Waals surface area contributed by atoms with E-state index >= 15 is 0 Å². The molecule has 3 nitrogen and oxygen atoms in total.